The number of rotatable bonds is 6. The van der Waals surface area contributed by atoms with E-state index >= 15 is 0 Å². The normalized spacial score (nSPS) is 16.1. The third kappa shape index (κ3) is 7.79. The van der Waals surface area contributed by atoms with Gasteiger partial charge in [-0.1, -0.05) is 147 Å². The Labute approximate surface area is 374 Å². The van der Waals surface area contributed by atoms with Crippen LogP contribution in [-0.2, 0) is 16.2 Å². The summed E-state index contributed by atoms with van der Waals surface area (Å²) >= 11 is 0. The highest BCUT2D eigenvalue weighted by atomic mass is 16.3. The summed E-state index contributed by atoms with van der Waals surface area (Å²) in [4.78, 5) is 10.2. The fraction of sp³-hybridized carbons (Fsp3) is 0.250. The second-order valence-corrected chi connectivity index (χ2v) is 17.7. The second-order valence-electron chi connectivity index (χ2n) is 17.7. The minimum Gasteiger partial charge on any atom is -0.507 e. The standard InChI is InChI=1S/C56H57N3O/c1-35-28-36(2)52(60)47(29-35)53-58-51-45(18-15-19-50(51)59(53)49-25-24-43(55(6,7)8)34-46(49)38-16-13-12-14-17-38)40-30-41(32-44(31-40)56(9,10)11)48-33-39(26-27-57-48)37-20-22-42(23-21-37)54(3,4)5/h12-34,60H,1-11H3/i3D3,4D3,5D3,20D,21D,22D,23D. The van der Waals surface area contributed by atoms with Crippen LogP contribution in [0.15, 0.2) is 140 Å². The van der Waals surface area contributed by atoms with Crippen LogP contribution in [0.2, 0.25) is 0 Å². The number of pyridine rings is 1. The average molecular weight is 801 g/mol. The maximum absolute atomic E-state index is 11.8. The Hall–Kier alpha value is -6.26. The number of phenolic OH excluding ortho intramolecular Hbond substituents is 1. The van der Waals surface area contributed by atoms with Crippen molar-refractivity contribution in [2.75, 3.05) is 0 Å². The molecular weight excluding hydrogens is 731 g/mol. The third-order valence-electron chi connectivity index (χ3n) is 11.0. The molecule has 0 amide bonds. The zero-order valence-electron chi connectivity index (χ0n) is 48.3. The van der Waals surface area contributed by atoms with E-state index in [1.807, 2.05) is 74.5 Å². The molecule has 2 aromatic heterocycles. The van der Waals surface area contributed by atoms with Crippen LogP contribution in [0, 0.1) is 13.8 Å². The first-order valence-corrected chi connectivity index (χ1v) is 20.1. The number of nitrogens with zero attached hydrogens (tertiary/aromatic N) is 3. The van der Waals surface area contributed by atoms with Gasteiger partial charge in [-0.2, -0.15) is 0 Å². The topological polar surface area (TPSA) is 50.9 Å². The van der Waals surface area contributed by atoms with Gasteiger partial charge in [-0.3, -0.25) is 9.55 Å². The number of hydrogen-bond donors (Lipinski definition) is 1. The summed E-state index contributed by atoms with van der Waals surface area (Å²) in [5.74, 6) is 0.649. The molecule has 1 N–H and O–H groups in total. The second kappa shape index (κ2) is 15.1. The Morgan fingerprint density at radius 2 is 1.28 bits per heavy atom. The summed E-state index contributed by atoms with van der Waals surface area (Å²) in [5.41, 5.74) is 5.40. The van der Waals surface area contributed by atoms with Gasteiger partial charge in [0.2, 0.25) is 0 Å². The minimum absolute atomic E-state index is 0.113. The molecule has 8 aromatic rings. The lowest BCUT2D eigenvalue weighted by Gasteiger charge is -2.23. The number of aromatic hydroxyl groups is 1. The van der Waals surface area contributed by atoms with Gasteiger partial charge in [0.05, 0.1) is 33.5 Å². The van der Waals surface area contributed by atoms with Crippen LogP contribution in [0.3, 0.4) is 0 Å². The monoisotopic (exact) mass is 801 g/mol. The Kier molecular flexibility index (Phi) is 6.91. The van der Waals surface area contributed by atoms with Gasteiger partial charge in [-0.25, -0.2) is 4.98 Å². The summed E-state index contributed by atoms with van der Waals surface area (Å²) in [6.07, 6.45) is 1.44. The van der Waals surface area contributed by atoms with Gasteiger partial charge in [0.15, 0.2) is 0 Å². The average Bonchev–Trinajstić information content (AvgIpc) is 3.68. The Morgan fingerprint density at radius 1 is 0.567 bits per heavy atom. The number of phenols is 1. The maximum atomic E-state index is 11.8. The molecule has 2 heterocycles. The molecule has 4 nitrogen and oxygen atoms in total. The molecule has 8 rings (SSSR count). The van der Waals surface area contributed by atoms with Crippen molar-refractivity contribution in [3.8, 4) is 67.5 Å². The molecule has 0 atom stereocenters. The molecule has 0 aliphatic heterocycles. The summed E-state index contributed by atoms with van der Waals surface area (Å²) in [6.45, 7) is 5.22. The van der Waals surface area contributed by atoms with E-state index in [0.29, 0.717) is 33.7 Å². The smallest absolute Gasteiger partial charge is 0.149 e. The van der Waals surface area contributed by atoms with E-state index in [0.717, 1.165) is 50.1 Å². The quantitative estimate of drug-likeness (QED) is 0.182. The number of fused-ring (bicyclic) bond motifs is 1. The molecule has 0 fully saturated rings. The number of imidazole rings is 1. The molecule has 0 unspecified atom stereocenters. The third-order valence-corrected chi connectivity index (χ3v) is 11.0. The first kappa shape index (κ1) is 27.5. The lowest BCUT2D eigenvalue weighted by Crippen LogP contribution is -2.12. The van der Waals surface area contributed by atoms with Gasteiger partial charge in [0.1, 0.15) is 11.6 Å². The van der Waals surface area contributed by atoms with Crippen molar-refractivity contribution in [3.05, 3.63) is 167 Å². The van der Waals surface area contributed by atoms with Crippen molar-refractivity contribution in [1.82, 2.24) is 14.5 Å². The summed E-state index contributed by atoms with van der Waals surface area (Å²) < 4.78 is 112. The number of hydrogen-bond acceptors (Lipinski definition) is 3. The van der Waals surface area contributed by atoms with Gasteiger partial charge in [-0.15, -0.1) is 0 Å². The van der Waals surface area contributed by atoms with Gasteiger partial charge in [0, 0.05) is 35.2 Å². The fourth-order valence-electron chi connectivity index (χ4n) is 7.69. The molecule has 0 aliphatic rings. The van der Waals surface area contributed by atoms with E-state index in [2.05, 4.69) is 82.5 Å². The van der Waals surface area contributed by atoms with Gasteiger partial charge < -0.3 is 5.11 Å². The van der Waals surface area contributed by atoms with Crippen LogP contribution in [0.1, 0.15) is 108 Å². The van der Waals surface area contributed by atoms with Crippen molar-refractivity contribution in [2.24, 2.45) is 0 Å². The lowest BCUT2D eigenvalue weighted by molar-refractivity contribution is 0.472. The Balaban J connectivity index is 1.38. The van der Waals surface area contributed by atoms with Crippen LogP contribution in [-0.4, -0.2) is 19.6 Å². The zero-order chi connectivity index (χ0) is 53.7. The molecule has 0 saturated heterocycles. The lowest BCUT2D eigenvalue weighted by atomic mass is 9.83. The van der Waals surface area contributed by atoms with E-state index in [9.17, 15) is 5.11 Å². The van der Waals surface area contributed by atoms with Crippen molar-refractivity contribution >= 4 is 11.0 Å². The Morgan fingerprint density at radius 3 is 1.98 bits per heavy atom. The van der Waals surface area contributed by atoms with Gasteiger partial charge >= 0.3 is 0 Å². The number of para-hydroxylation sites is 1. The van der Waals surface area contributed by atoms with Gasteiger partial charge in [-0.05, 0) is 129 Å². The van der Waals surface area contributed by atoms with Gasteiger partial charge in [0.25, 0.3) is 0 Å². The van der Waals surface area contributed by atoms with E-state index in [4.69, 9.17) is 27.8 Å². The molecular formula is C56H57N3O. The number of aromatic nitrogens is 3. The SMILES string of the molecule is [2H]c1c([2H])c(C(C([2H])([2H])[2H])(C([2H])([2H])[2H])C([2H])([2H])[2H])c([2H])c([2H])c1-c1ccnc(-c2cc(-c3cccc4c3nc(-c3cc(C)cc(C)c3O)n4-c3ccc(C(C)(C)C)cc3-c3ccccc3)cc(C(C)(C)C)c2)c1. The van der Waals surface area contributed by atoms with Crippen molar-refractivity contribution in [1.29, 1.82) is 0 Å². The van der Waals surface area contributed by atoms with Crippen LogP contribution >= 0.6 is 0 Å². The first-order chi connectivity index (χ1) is 33.8. The molecule has 4 heteroatoms. The molecule has 0 bridgehead atoms. The summed E-state index contributed by atoms with van der Waals surface area (Å²) in [6, 6.07) is 31.8. The molecule has 6 aromatic carbocycles. The van der Waals surface area contributed by atoms with Crippen LogP contribution in [0.5, 0.6) is 5.75 Å². The van der Waals surface area contributed by atoms with Crippen molar-refractivity contribution in [3.63, 3.8) is 0 Å². The van der Waals surface area contributed by atoms with Crippen molar-refractivity contribution < 1.29 is 22.9 Å². The first-order valence-electron chi connectivity index (χ1n) is 26.6. The summed E-state index contributed by atoms with van der Waals surface area (Å²) in [5, 5.41) is 11.8. The molecule has 0 spiro atoms. The highest BCUT2D eigenvalue weighted by Gasteiger charge is 2.25. The molecule has 0 radical (unpaired) electrons. The molecule has 60 heavy (non-hydrogen) atoms. The molecule has 302 valence electrons. The highest BCUT2D eigenvalue weighted by Crippen LogP contribution is 2.43. The van der Waals surface area contributed by atoms with E-state index in [1.165, 1.54) is 12.3 Å². The van der Waals surface area contributed by atoms with Crippen LogP contribution in [0.4, 0.5) is 0 Å². The van der Waals surface area contributed by atoms with E-state index in [1.54, 1.807) is 6.07 Å². The minimum atomic E-state index is -3.80. The fourth-order valence-corrected chi connectivity index (χ4v) is 7.69. The van der Waals surface area contributed by atoms with E-state index < -0.39 is 61.1 Å². The van der Waals surface area contributed by atoms with Crippen LogP contribution in [0.25, 0.3) is 72.7 Å². The number of aryl methyl sites for hydroxylation is 2. The Bertz CT molecular complexity index is 3400. The molecule has 0 aliphatic carbocycles. The molecule has 0 saturated carbocycles. The highest BCUT2D eigenvalue weighted by molar-refractivity contribution is 5.98. The van der Waals surface area contributed by atoms with E-state index in [-0.39, 0.29) is 22.3 Å². The summed E-state index contributed by atoms with van der Waals surface area (Å²) in [7, 11) is 0. The largest absolute Gasteiger partial charge is 0.507 e. The maximum Gasteiger partial charge on any atom is 0.149 e. The van der Waals surface area contributed by atoms with Crippen molar-refractivity contribution in [2.45, 2.75) is 92.2 Å². The predicted octanol–water partition coefficient (Wildman–Crippen LogP) is 15.0. The van der Waals surface area contributed by atoms with Crippen LogP contribution < -0.4 is 0 Å². The zero-order valence-corrected chi connectivity index (χ0v) is 35.3. The number of benzene rings is 6. The predicted molar refractivity (Wildman–Crippen MR) is 253 cm³/mol.